The van der Waals surface area contributed by atoms with E-state index in [2.05, 4.69) is 105 Å². The van der Waals surface area contributed by atoms with Crippen molar-refractivity contribution in [1.82, 2.24) is 0 Å². The smallest absolute Gasteiger partial charge is 0.493 e. The van der Waals surface area contributed by atoms with Crippen molar-refractivity contribution in [3.63, 3.8) is 0 Å². The number of rotatable bonds is 69. The molecule has 0 spiro atoms. The van der Waals surface area contributed by atoms with Crippen LogP contribution in [0.25, 0.3) is 16.9 Å². The van der Waals surface area contributed by atoms with Crippen LogP contribution in [0.4, 0.5) is 0 Å². The summed E-state index contributed by atoms with van der Waals surface area (Å²) in [4.78, 5) is 0. The average molecular weight is 1330 g/mol. The normalized spacial score (nSPS) is 12.5. The molecular formula is C90H162N2Ni. The topological polar surface area (TPSA) is 25.3 Å². The van der Waals surface area contributed by atoms with Gasteiger partial charge in [0.25, 0.3) is 0 Å². The number of benzene rings is 2. The Morgan fingerprint density at radius 1 is 0.237 bits per heavy atom. The summed E-state index contributed by atoms with van der Waals surface area (Å²) in [6, 6.07) is 14.5. The van der Waals surface area contributed by atoms with Crippen LogP contribution >= 0.6 is 0 Å². The van der Waals surface area contributed by atoms with Gasteiger partial charge in [0.1, 0.15) is 0 Å². The van der Waals surface area contributed by atoms with Crippen LogP contribution in [0, 0.1) is 0 Å². The molecule has 0 aliphatic carbocycles. The molecule has 0 saturated carbocycles. The standard InChI is InChI=1S/C44H68N2.2C23H47.Ni/c1-6-11-16-20-24-36-29-37(25-21-17-12-7-2)32-41(31-36)43-35-40(28-15-10-5)44(46(43)45)42-33-38(26-22-18-13-8-3)30-39(34-42)27-23-19-14-9-4;2*1-3-5-7-9-11-13-15-17-19-21-23-22-20-18-16-14-12-10-8-6-4-2;/h29-35H,6-28H2,1-5H3;2*1,3-23H2,2H3;. The molecule has 0 unspecified atom stereocenters. The molecule has 1 aliphatic heterocycles. The summed E-state index contributed by atoms with van der Waals surface area (Å²) in [5.74, 6) is 0. The Labute approximate surface area is 590 Å². The van der Waals surface area contributed by atoms with Crippen LogP contribution < -0.4 is 0 Å². The molecule has 0 bridgehead atoms. The third-order valence-corrected chi connectivity index (χ3v) is 21.9. The maximum absolute atomic E-state index is 12.1. The zero-order valence-corrected chi connectivity index (χ0v) is 65.1. The summed E-state index contributed by atoms with van der Waals surface area (Å²) >= 11 is 2.05. The molecule has 3 heteroatoms. The van der Waals surface area contributed by atoms with E-state index in [1.807, 2.05) is 0 Å². The molecule has 0 amide bonds. The molecule has 93 heavy (non-hydrogen) atoms. The molecule has 1 heterocycles. The minimum atomic E-state index is 0.962. The van der Waals surface area contributed by atoms with Crippen molar-refractivity contribution in [2.75, 3.05) is 0 Å². The second-order valence-electron chi connectivity index (χ2n) is 29.8. The van der Waals surface area contributed by atoms with Gasteiger partial charge >= 0.3 is 166 Å². The summed E-state index contributed by atoms with van der Waals surface area (Å²) in [7, 11) is 0. The summed E-state index contributed by atoms with van der Waals surface area (Å²) < 4.78 is 1.57. The first kappa shape index (κ1) is 87.1. The van der Waals surface area contributed by atoms with E-state index < -0.39 is 0 Å². The van der Waals surface area contributed by atoms with Crippen LogP contribution in [0.15, 0.2) is 48.0 Å². The quantitative estimate of drug-likeness (QED) is 0.0358. The Hall–Kier alpha value is -1.99. The first-order valence-electron chi connectivity index (χ1n) is 42.6. The van der Waals surface area contributed by atoms with Crippen LogP contribution in [0.5, 0.6) is 0 Å². The first-order chi connectivity index (χ1) is 46.0. The van der Waals surface area contributed by atoms with Crippen molar-refractivity contribution in [2.24, 2.45) is 0 Å². The fraction of sp³-hybridized carbons (Fsp3) is 0.822. The minimum absolute atomic E-state index is 0.962. The summed E-state index contributed by atoms with van der Waals surface area (Å²) in [5, 5.41) is 2.87. The Balaban J connectivity index is 0.000000633. The van der Waals surface area contributed by atoms with Crippen molar-refractivity contribution >= 4 is 11.4 Å². The van der Waals surface area contributed by atoms with Crippen molar-refractivity contribution in [3.05, 3.63) is 87.0 Å². The zero-order chi connectivity index (χ0) is 66.8. The van der Waals surface area contributed by atoms with Gasteiger partial charge in [-0.1, -0.05) is 272 Å². The molecule has 2 aromatic rings. The van der Waals surface area contributed by atoms with Gasteiger partial charge in [-0.15, -0.1) is 0 Å². The van der Waals surface area contributed by atoms with Crippen LogP contribution in [0.3, 0.4) is 0 Å². The minimum Gasteiger partial charge on any atom is -0.493 e. The molecule has 2 aromatic carbocycles. The van der Waals surface area contributed by atoms with Crippen LogP contribution in [0.2, 0.25) is 10.8 Å². The molecule has 3 rings (SSSR count). The van der Waals surface area contributed by atoms with Gasteiger partial charge in [0, 0.05) is 22.8 Å². The molecule has 0 radical (unpaired) electrons. The van der Waals surface area contributed by atoms with E-state index in [0.717, 1.165) is 56.3 Å². The number of hydrogen-bond acceptors (Lipinski definition) is 0. The number of nitrogens with zero attached hydrogens (tertiary/aromatic N) is 2. The van der Waals surface area contributed by atoms with E-state index in [-0.39, 0.29) is 0 Å². The molecule has 542 valence electrons. The van der Waals surface area contributed by atoms with Gasteiger partial charge in [-0.3, -0.25) is 0 Å². The molecular weight excluding hydrogens is 1170 g/mol. The fourth-order valence-electron chi connectivity index (χ4n) is 14.3. The van der Waals surface area contributed by atoms with Crippen molar-refractivity contribution < 1.29 is 19.1 Å². The Kier molecular flexibility index (Phi) is 62.9. The second-order valence-corrected chi connectivity index (χ2v) is 31.2. The first-order valence-corrected chi connectivity index (χ1v) is 44.0. The predicted molar refractivity (Wildman–Crippen MR) is 417 cm³/mol. The molecule has 0 aromatic heterocycles. The SMILES string of the molecule is CCCCCCCCCCCCCCCCCCCCCC[CH2][Ni][CH2]CCCCCCCCCCCCCCCCCCCCCC.CCCCCCc1cc(CCCCCC)cc(C2=CC(CCCC)=C(c3cc(CCCCCC)cc(CCCCCC)c3)[N+]2=[N-])c1. The van der Waals surface area contributed by atoms with Gasteiger partial charge in [0.2, 0.25) is 11.4 Å². The molecule has 0 fully saturated rings. The number of allylic oxidation sites excluding steroid dienone is 2. The summed E-state index contributed by atoms with van der Waals surface area (Å²) in [6.07, 6.45) is 92.8. The van der Waals surface area contributed by atoms with E-state index >= 15 is 0 Å². The second kappa shape index (κ2) is 67.2. The number of unbranched alkanes of at least 4 members (excludes halogenated alkanes) is 53. The van der Waals surface area contributed by atoms with Crippen molar-refractivity contribution in [3.8, 4) is 0 Å². The third kappa shape index (κ3) is 50.1. The maximum atomic E-state index is 12.1. The molecule has 2 nitrogen and oxygen atoms in total. The number of hydrogen-bond donors (Lipinski definition) is 0. The van der Waals surface area contributed by atoms with Crippen LogP contribution in [0.1, 0.15) is 474 Å². The number of aryl methyl sites for hydroxylation is 4. The average Bonchev–Trinajstić information content (AvgIpc) is 1.67. The van der Waals surface area contributed by atoms with E-state index in [0.29, 0.717) is 0 Å². The van der Waals surface area contributed by atoms with Crippen molar-refractivity contribution in [2.45, 2.75) is 477 Å². The molecule has 1 aliphatic rings. The van der Waals surface area contributed by atoms with Crippen LogP contribution in [-0.2, 0) is 40.1 Å². The summed E-state index contributed by atoms with van der Waals surface area (Å²) in [5.41, 5.74) is 23.5. The van der Waals surface area contributed by atoms with Crippen LogP contribution in [-0.4, -0.2) is 4.70 Å². The molecule has 0 atom stereocenters. The predicted octanol–water partition coefficient (Wildman–Crippen LogP) is 32.5. The molecule has 0 N–H and O–H groups in total. The van der Waals surface area contributed by atoms with Gasteiger partial charge in [0.05, 0.1) is 0 Å². The Morgan fingerprint density at radius 3 is 0.699 bits per heavy atom. The zero-order valence-electron chi connectivity index (χ0n) is 64.1. The van der Waals surface area contributed by atoms with E-state index in [4.69, 9.17) is 0 Å². The van der Waals surface area contributed by atoms with Gasteiger partial charge in [0.15, 0.2) is 0 Å². The third-order valence-electron chi connectivity index (χ3n) is 20.5. The Morgan fingerprint density at radius 2 is 0.452 bits per heavy atom. The van der Waals surface area contributed by atoms with Gasteiger partial charge in [-0.25, -0.2) is 4.70 Å². The van der Waals surface area contributed by atoms with E-state index in [9.17, 15) is 5.53 Å². The fourth-order valence-corrected chi connectivity index (χ4v) is 15.5. The van der Waals surface area contributed by atoms with E-state index in [1.165, 1.54) is 422 Å². The van der Waals surface area contributed by atoms with Crippen molar-refractivity contribution in [1.29, 1.82) is 0 Å². The Bertz CT molecular complexity index is 1900. The molecule has 0 saturated heterocycles. The summed E-state index contributed by atoms with van der Waals surface area (Å²) in [6.45, 7) is 16.0. The van der Waals surface area contributed by atoms with Gasteiger partial charge < -0.3 is 5.53 Å². The van der Waals surface area contributed by atoms with Gasteiger partial charge in [-0.05, 0) is 111 Å². The monoisotopic (exact) mass is 1330 g/mol. The van der Waals surface area contributed by atoms with E-state index in [1.54, 1.807) is 4.70 Å². The van der Waals surface area contributed by atoms with Gasteiger partial charge in [-0.2, -0.15) is 0 Å².